The largest absolute Gasteiger partial charge is 0.478 e. The Morgan fingerprint density at radius 2 is 1.62 bits per heavy atom. The Bertz CT molecular complexity index is 229. The zero-order valence-corrected chi connectivity index (χ0v) is 10.4. The predicted octanol–water partition coefficient (Wildman–Crippen LogP) is 4.32. The van der Waals surface area contributed by atoms with Crippen LogP contribution in [0.1, 0.15) is 58.3 Å². The fraction of sp³-hybridized carbons (Fsp3) is 0.643. The van der Waals surface area contributed by atoms with Crippen molar-refractivity contribution in [1.29, 1.82) is 0 Å². The first-order chi connectivity index (χ1) is 7.66. The molecule has 0 aromatic carbocycles. The van der Waals surface area contributed by atoms with E-state index in [9.17, 15) is 4.79 Å². The number of carboxylic acid groups (broad SMARTS) is 1. The SMILES string of the molecule is C=C(/C=C/C(=O)O)CCCCCCCCC. The summed E-state index contributed by atoms with van der Waals surface area (Å²) in [5, 5.41) is 8.43. The number of hydrogen-bond acceptors (Lipinski definition) is 1. The highest BCUT2D eigenvalue weighted by atomic mass is 16.4. The fourth-order valence-corrected chi connectivity index (χ4v) is 1.58. The van der Waals surface area contributed by atoms with Crippen molar-refractivity contribution < 1.29 is 9.90 Å². The van der Waals surface area contributed by atoms with Crippen LogP contribution in [-0.4, -0.2) is 11.1 Å². The maximum atomic E-state index is 10.3. The molecule has 0 aliphatic carbocycles. The Kier molecular flexibility index (Phi) is 9.78. The summed E-state index contributed by atoms with van der Waals surface area (Å²) in [6.07, 6.45) is 12.6. The third-order valence-corrected chi connectivity index (χ3v) is 2.56. The van der Waals surface area contributed by atoms with E-state index in [2.05, 4.69) is 13.5 Å². The van der Waals surface area contributed by atoms with Gasteiger partial charge in [-0.05, 0) is 12.8 Å². The average molecular weight is 224 g/mol. The van der Waals surface area contributed by atoms with Crippen molar-refractivity contribution >= 4 is 5.97 Å². The number of aliphatic carboxylic acids is 1. The second-order valence-corrected chi connectivity index (χ2v) is 4.20. The summed E-state index contributed by atoms with van der Waals surface area (Å²) in [5.41, 5.74) is 0.913. The van der Waals surface area contributed by atoms with Gasteiger partial charge in [-0.1, -0.05) is 63.7 Å². The number of carboxylic acids is 1. The molecule has 16 heavy (non-hydrogen) atoms. The number of allylic oxidation sites excluding steroid dienone is 2. The Morgan fingerprint density at radius 3 is 2.19 bits per heavy atom. The lowest BCUT2D eigenvalue weighted by molar-refractivity contribution is -0.131. The van der Waals surface area contributed by atoms with E-state index >= 15 is 0 Å². The topological polar surface area (TPSA) is 37.3 Å². The quantitative estimate of drug-likeness (QED) is 0.341. The minimum Gasteiger partial charge on any atom is -0.478 e. The molecule has 0 saturated carbocycles. The molecule has 0 unspecified atom stereocenters. The van der Waals surface area contributed by atoms with Crippen molar-refractivity contribution in [1.82, 2.24) is 0 Å². The van der Waals surface area contributed by atoms with Gasteiger partial charge in [0.05, 0.1) is 0 Å². The molecule has 0 aliphatic heterocycles. The van der Waals surface area contributed by atoms with Gasteiger partial charge in [-0.25, -0.2) is 4.79 Å². The van der Waals surface area contributed by atoms with Crippen LogP contribution in [0.15, 0.2) is 24.3 Å². The molecule has 0 atom stereocenters. The molecule has 0 saturated heterocycles. The molecule has 2 nitrogen and oxygen atoms in total. The molecule has 0 radical (unpaired) electrons. The normalized spacial score (nSPS) is 10.8. The molecule has 0 heterocycles. The Morgan fingerprint density at radius 1 is 1.06 bits per heavy atom. The fourth-order valence-electron chi connectivity index (χ4n) is 1.58. The molecule has 0 amide bonds. The van der Waals surface area contributed by atoms with Crippen LogP contribution in [-0.2, 0) is 4.79 Å². The molecule has 1 N–H and O–H groups in total. The van der Waals surface area contributed by atoms with Gasteiger partial charge in [-0.15, -0.1) is 0 Å². The lowest BCUT2D eigenvalue weighted by Gasteiger charge is -2.01. The summed E-state index contributed by atoms with van der Waals surface area (Å²) < 4.78 is 0. The van der Waals surface area contributed by atoms with Crippen LogP contribution < -0.4 is 0 Å². The van der Waals surface area contributed by atoms with Gasteiger partial charge in [-0.3, -0.25) is 0 Å². The summed E-state index contributed by atoms with van der Waals surface area (Å²) in [6.45, 7) is 6.04. The molecule has 0 fully saturated rings. The second-order valence-electron chi connectivity index (χ2n) is 4.20. The van der Waals surface area contributed by atoms with Crippen LogP contribution >= 0.6 is 0 Å². The second kappa shape index (κ2) is 10.5. The zero-order chi connectivity index (χ0) is 12.2. The number of unbranched alkanes of at least 4 members (excludes halogenated alkanes) is 6. The molecule has 0 aromatic rings. The Hall–Kier alpha value is -1.05. The van der Waals surface area contributed by atoms with E-state index in [1.54, 1.807) is 6.08 Å². The molecular formula is C14H24O2. The van der Waals surface area contributed by atoms with Gasteiger partial charge >= 0.3 is 5.97 Å². The Balaban J connectivity index is 3.31. The van der Waals surface area contributed by atoms with Crippen molar-refractivity contribution in [3.05, 3.63) is 24.3 Å². The van der Waals surface area contributed by atoms with Crippen LogP contribution in [0.4, 0.5) is 0 Å². The van der Waals surface area contributed by atoms with Crippen molar-refractivity contribution in [3.8, 4) is 0 Å². The summed E-state index contributed by atoms with van der Waals surface area (Å²) in [6, 6.07) is 0. The molecule has 92 valence electrons. The van der Waals surface area contributed by atoms with E-state index < -0.39 is 5.97 Å². The van der Waals surface area contributed by atoms with Gasteiger partial charge in [0.25, 0.3) is 0 Å². The molecule has 2 heteroatoms. The Labute approximate surface area is 99.1 Å². The highest BCUT2D eigenvalue weighted by Gasteiger charge is 1.93. The number of hydrogen-bond donors (Lipinski definition) is 1. The summed E-state index contributed by atoms with van der Waals surface area (Å²) in [4.78, 5) is 10.3. The third-order valence-electron chi connectivity index (χ3n) is 2.56. The first-order valence-corrected chi connectivity index (χ1v) is 6.25. The standard InChI is InChI=1S/C14H24O2/c1-3-4-5-6-7-8-9-10-13(2)11-12-14(15)16/h11-12H,2-10H2,1H3,(H,15,16)/b12-11+. The van der Waals surface area contributed by atoms with E-state index in [-0.39, 0.29) is 0 Å². The van der Waals surface area contributed by atoms with Crippen LogP contribution in [0.3, 0.4) is 0 Å². The monoisotopic (exact) mass is 224 g/mol. The summed E-state index contributed by atoms with van der Waals surface area (Å²) >= 11 is 0. The smallest absolute Gasteiger partial charge is 0.328 e. The van der Waals surface area contributed by atoms with E-state index in [0.29, 0.717) is 0 Å². The molecule has 0 rings (SSSR count). The van der Waals surface area contributed by atoms with Crippen molar-refractivity contribution in [2.45, 2.75) is 58.3 Å². The molecular weight excluding hydrogens is 200 g/mol. The highest BCUT2D eigenvalue weighted by Crippen LogP contribution is 2.11. The first-order valence-electron chi connectivity index (χ1n) is 6.25. The van der Waals surface area contributed by atoms with Gasteiger partial charge in [0.15, 0.2) is 0 Å². The summed E-state index contributed by atoms with van der Waals surface area (Å²) in [7, 11) is 0. The molecule has 0 bridgehead atoms. The maximum absolute atomic E-state index is 10.3. The number of rotatable bonds is 10. The van der Waals surface area contributed by atoms with Gasteiger partial charge < -0.3 is 5.11 Å². The maximum Gasteiger partial charge on any atom is 0.328 e. The van der Waals surface area contributed by atoms with Crippen molar-refractivity contribution in [2.24, 2.45) is 0 Å². The van der Waals surface area contributed by atoms with Crippen molar-refractivity contribution in [3.63, 3.8) is 0 Å². The lowest BCUT2D eigenvalue weighted by Crippen LogP contribution is -1.87. The van der Waals surface area contributed by atoms with Gasteiger partial charge in [0, 0.05) is 6.08 Å². The highest BCUT2D eigenvalue weighted by molar-refractivity contribution is 5.80. The minimum atomic E-state index is -0.902. The van der Waals surface area contributed by atoms with E-state index in [1.807, 2.05) is 0 Å². The molecule has 0 aliphatic rings. The predicted molar refractivity (Wildman–Crippen MR) is 68.5 cm³/mol. The molecule has 0 spiro atoms. The molecule has 0 aromatic heterocycles. The lowest BCUT2D eigenvalue weighted by atomic mass is 10.1. The number of carbonyl (C=O) groups is 1. The zero-order valence-electron chi connectivity index (χ0n) is 10.4. The van der Waals surface area contributed by atoms with E-state index in [0.717, 1.165) is 24.5 Å². The van der Waals surface area contributed by atoms with E-state index in [4.69, 9.17) is 5.11 Å². The van der Waals surface area contributed by atoms with Crippen LogP contribution in [0, 0.1) is 0 Å². The van der Waals surface area contributed by atoms with Gasteiger partial charge in [0.1, 0.15) is 0 Å². The summed E-state index contributed by atoms with van der Waals surface area (Å²) in [5.74, 6) is -0.902. The van der Waals surface area contributed by atoms with Crippen LogP contribution in [0.25, 0.3) is 0 Å². The van der Waals surface area contributed by atoms with Crippen LogP contribution in [0.2, 0.25) is 0 Å². The third kappa shape index (κ3) is 11.0. The van der Waals surface area contributed by atoms with Gasteiger partial charge in [-0.2, -0.15) is 0 Å². The van der Waals surface area contributed by atoms with Gasteiger partial charge in [0.2, 0.25) is 0 Å². The van der Waals surface area contributed by atoms with E-state index in [1.165, 1.54) is 38.5 Å². The van der Waals surface area contributed by atoms with Crippen molar-refractivity contribution in [2.75, 3.05) is 0 Å². The first kappa shape index (κ1) is 14.9. The minimum absolute atomic E-state index is 0.902. The average Bonchev–Trinajstić information content (AvgIpc) is 2.25. The van der Waals surface area contributed by atoms with Crippen LogP contribution in [0.5, 0.6) is 0 Å².